The molecule has 5 rings (SSSR count). The second-order valence-corrected chi connectivity index (χ2v) is 10.1. The number of carbonyl (C=O) groups excluding carboxylic acids is 5. The number of amides is 4. The second kappa shape index (κ2) is 7.59. The molecule has 3 aliphatic carbocycles. The van der Waals surface area contributed by atoms with E-state index in [-0.39, 0.29) is 34.6 Å². The highest BCUT2D eigenvalue weighted by Gasteiger charge is 2.57. The van der Waals surface area contributed by atoms with Crippen LogP contribution in [0.4, 0.5) is 4.79 Å². The van der Waals surface area contributed by atoms with E-state index in [0.717, 1.165) is 5.57 Å². The summed E-state index contributed by atoms with van der Waals surface area (Å²) in [7, 11) is 0. The molecule has 3 N–H and O–H groups in total. The number of likely N-dealkylation sites (tertiary alicyclic amines) is 1. The first kappa shape index (κ1) is 22.5. The number of nitrogens with zero attached hydrogens (tertiary/aromatic N) is 1. The van der Waals surface area contributed by atoms with Crippen molar-refractivity contribution >= 4 is 45.3 Å². The molecule has 0 saturated carbocycles. The zero-order chi connectivity index (χ0) is 24.6. The Bertz CT molecular complexity index is 1310. The van der Waals surface area contributed by atoms with Crippen molar-refractivity contribution in [1.82, 2.24) is 4.90 Å². The number of urea groups is 1. The third kappa shape index (κ3) is 2.99. The first-order valence-corrected chi connectivity index (χ1v) is 11.7. The van der Waals surface area contributed by atoms with Gasteiger partial charge in [-0.1, -0.05) is 23.8 Å². The van der Waals surface area contributed by atoms with Crippen LogP contribution in [-0.2, 0) is 19.2 Å². The standard InChI is InChI=1S/C25H21BrN2O6/c1-9-5-11(6-10(2)21(9)30)18-12-3-4-13-19(24(33)28(23(13)32)25(27)34)14(12)7-15-20(18)17(29)8-16(26)22(15)31/h3,5-6,8,13-14,18-19,30H,4,7H2,1-2H3,(H2,27,34)/t13-,14+,18-,19-/m0/s1. The fourth-order valence-corrected chi connectivity index (χ4v) is 6.41. The molecule has 0 spiro atoms. The van der Waals surface area contributed by atoms with E-state index in [2.05, 4.69) is 15.9 Å². The molecule has 8 nitrogen and oxygen atoms in total. The van der Waals surface area contributed by atoms with Crippen molar-refractivity contribution in [2.75, 3.05) is 0 Å². The summed E-state index contributed by atoms with van der Waals surface area (Å²) in [4.78, 5) is 64.6. The minimum Gasteiger partial charge on any atom is -0.507 e. The maximum absolute atomic E-state index is 13.2. The van der Waals surface area contributed by atoms with Crippen LogP contribution >= 0.6 is 15.9 Å². The van der Waals surface area contributed by atoms with Crippen LogP contribution in [0.1, 0.15) is 35.4 Å². The predicted octanol–water partition coefficient (Wildman–Crippen LogP) is 2.85. The zero-order valence-corrected chi connectivity index (χ0v) is 20.0. The van der Waals surface area contributed by atoms with Gasteiger partial charge in [0.15, 0.2) is 11.6 Å². The van der Waals surface area contributed by atoms with E-state index in [9.17, 15) is 29.1 Å². The van der Waals surface area contributed by atoms with Gasteiger partial charge >= 0.3 is 6.03 Å². The van der Waals surface area contributed by atoms with Crippen molar-refractivity contribution in [2.45, 2.75) is 32.6 Å². The van der Waals surface area contributed by atoms with Crippen LogP contribution in [0.5, 0.6) is 5.75 Å². The van der Waals surface area contributed by atoms with E-state index in [1.165, 1.54) is 6.08 Å². The molecule has 174 valence electrons. The number of aromatic hydroxyl groups is 1. The Hall–Kier alpha value is -3.33. The number of hydrogen-bond acceptors (Lipinski definition) is 6. The average molecular weight is 525 g/mol. The number of aryl methyl sites for hydroxylation is 2. The van der Waals surface area contributed by atoms with Crippen molar-refractivity contribution in [2.24, 2.45) is 23.5 Å². The summed E-state index contributed by atoms with van der Waals surface area (Å²) in [6, 6.07) is 2.43. The summed E-state index contributed by atoms with van der Waals surface area (Å²) < 4.78 is 0.139. The summed E-state index contributed by atoms with van der Waals surface area (Å²) in [5.74, 6) is -4.54. The van der Waals surface area contributed by atoms with Crippen LogP contribution < -0.4 is 5.73 Å². The van der Waals surface area contributed by atoms with Gasteiger partial charge in [0.2, 0.25) is 11.8 Å². The van der Waals surface area contributed by atoms with E-state index < -0.39 is 41.5 Å². The molecular formula is C25H21BrN2O6. The van der Waals surface area contributed by atoms with Gasteiger partial charge in [-0.2, -0.15) is 4.90 Å². The molecule has 0 bridgehead atoms. The maximum Gasteiger partial charge on any atom is 0.328 e. The van der Waals surface area contributed by atoms with Crippen LogP contribution in [0, 0.1) is 31.6 Å². The molecule has 1 saturated heterocycles. The van der Waals surface area contributed by atoms with Crippen molar-refractivity contribution in [3.8, 4) is 5.75 Å². The molecule has 1 aromatic carbocycles. The van der Waals surface area contributed by atoms with Crippen LogP contribution in [0.25, 0.3) is 0 Å². The average Bonchev–Trinajstić information content (AvgIpc) is 3.04. The smallest absolute Gasteiger partial charge is 0.328 e. The molecular weight excluding hydrogens is 504 g/mol. The van der Waals surface area contributed by atoms with Gasteiger partial charge < -0.3 is 10.8 Å². The molecule has 1 heterocycles. The number of hydrogen-bond donors (Lipinski definition) is 2. The van der Waals surface area contributed by atoms with Gasteiger partial charge in [-0.25, -0.2) is 4.79 Å². The predicted molar refractivity (Wildman–Crippen MR) is 124 cm³/mol. The molecule has 1 aliphatic heterocycles. The van der Waals surface area contributed by atoms with Gasteiger partial charge in [-0.3, -0.25) is 19.2 Å². The second-order valence-electron chi connectivity index (χ2n) is 9.25. The topological polar surface area (TPSA) is 135 Å². The Kier molecular flexibility index (Phi) is 5.02. The minimum atomic E-state index is -1.11. The molecule has 4 atom stereocenters. The molecule has 4 aliphatic rings. The molecule has 9 heteroatoms. The lowest BCUT2D eigenvalue weighted by molar-refractivity contribution is -0.136. The lowest BCUT2D eigenvalue weighted by Crippen LogP contribution is -2.42. The van der Waals surface area contributed by atoms with E-state index in [1.807, 2.05) is 6.08 Å². The number of halogens is 1. The Balaban J connectivity index is 1.72. The Labute approximate surface area is 203 Å². The highest BCUT2D eigenvalue weighted by molar-refractivity contribution is 9.12. The SMILES string of the molecule is Cc1cc([C@H]2C3=CC[C@@H]4C(=O)N(C(N)=O)C(=O)[C@@H]4[C@@H]3CC3=C2C(=O)C=C(Br)C3=O)cc(C)c1O. The quantitative estimate of drug-likeness (QED) is 0.329. The molecule has 4 amide bonds. The summed E-state index contributed by atoms with van der Waals surface area (Å²) in [5, 5.41) is 10.3. The van der Waals surface area contributed by atoms with Gasteiger partial charge in [0.05, 0.1) is 16.3 Å². The van der Waals surface area contributed by atoms with Crippen LogP contribution in [0.15, 0.2) is 45.5 Å². The molecule has 0 unspecified atom stereocenters. The Morgan fingerprint density at radius 1 is 1.09 bits per heavy atom. The van der Waals surface area contributed by atoms with Gasteiger partial charge in [-0.05, 0) is 65.2 Å². The van der Waals surface area contributed by atoms with Crippen LogP contribution in [0.3, 0.4) is 0 Å². The van der Waals surface area contributed by atoms with Crippen molar-refractivity contribution in [3.05, 3.63) is 62.2 Å². The third-order valence-corrected chi connectivity index (χ3v) is 7.99. The number of benzene rings is 1. The van der Waals surface area contributed by atoms with Crippen molar-refractivity contribution in [3.63, 3.8) is 0 Å². The van der Waals surface area contributed by atoms with Crippen molar-refractivity contribution < 1.29 is 29.1 Å². The third-order valence-electron chi connectivity index (χ3n) is 7.40. The molecule has 0 radical (unpaired) electrons. The highest BCUT2D eigenvalue weighted by Crippen LogP contribution is 2.55. The number of carbonyl (C=O) groups is 5. The molecule has 1 aromatic rings. The zero-order valence-electron chi connectivity index (χ0n) is 18.4. The summed E-state index contributed by atoms with van der Waals surface area (Å²) in [5.41, 5.74) is 8.68. The number of ketones is 2. The Morgan fingerprint density at radius 3 is 2.35 bits per heavy atom. The summed E-state index contributed by atoms with van der Waals surface area (Å²) in [6.45, 7) is 3.50. The van der Waals surface area contributed by atoms with E-state index in [0.29, 0.717) is 32.7 Å². The number of fused-ring (bicyclic) bond motifs is 3. The normalized spacial score (nSPS) is 28.4. The number of imide groups is 3. The number of allylic oxidation sites excluding steroid dienone is 6. The van der Waals surface area contributed by atoms with E-state index in [1.54, 1.807) is 26.0 Å². The number of phenolic OH excluding ortho intramolecular Hbond substituents is 1. The van der Waals surface area contributed by atoms with E-state index in [4.69, 9.17) is 5.73 Å². The van der Waals surface area contributed by atoms with Crippen molar-refractivity contribution in [1.29, 1.82) is 0 Å². The molecule has 34 heavy (non-hydrogen) atoms. The maximum atomic E-state index is 13.2. The number of Topliss-reactive ketones (excluding diaryl/α,β-unsaturated/α-hetero) is 1. The highest BCUT2D eigenvalue weighted by atomic mass is 79.9. The number of phenols is 1. The molecule has 1 fully saturated rings. The number of primary amides is 1. The Morgan fingerprint density at radius 2 is 1.74 bits per heavy atom. The van der Waals surface area contributed by atoms with Crippen LogP contribution in [-0.4, -0.2) is 39.4 Å². The monoisotopic (exact) mass is 524 g/mol. The molecule has 0 aromatic heterocycles. The fraction of sp³-hybridized carbons (Fsp3) is 0.320. The summed E-state index contributed by atoms with van der Waals surface area (Å²) >= 11 is 3.18. The van der Waals surface area contributed by atoms with E-state index >= 15 is 0 Å². The van der Waals surface area contributed by atoms with Gasteiger partial charge in [0.25, 0.3) is 0 Å². The largest absolute Gasteiger partial charge is 0.507 e. The number of nitrogens with two attached hydrogens (primary N) is 1. The summed E-state index contributed by atoms with van der Waals surface area (Å²) in [6.07, 6.45) is 3.45. The first-order valence-electron chi connectivity index (χ1n) is 10.9. The van der Waals surface area contributed by atoms with Gasteiger partial charge in [0, 0.05) is 23.1 Å². The lowest BCUT2D eigenvalue weighted by Gasteiger charge is -2.42. The van der Waals surface area contributed by atoms with Gasteiger partial charge in [0.1, 0.15) is 5.75 Å². The minimum absolute atomic E-state index is 0.105. The first-order chi connectivity index (χ1) is 16.0. The lowest BCUT2D eigenvalue weighted by atomic mass is 9.59. The fourth-order valence-electron chi connectivity index (χ4n) is 5.96. The van der Waals surface area contributed by atoms with Gasteiger partial charge in [-0.15, -0.1) is 0 Å². The number of rotatable bonds is 1. The van der Waals surface area contributed by atoms with Crippen LogP contribution in [0.2, 0.25) is 0 Å².